The van der Waals surface area contributed by atoms with Crippen molar-refractivity contribution in [3.8, 4) is 0 Å². The van der Waals surface area contributed by atoms with Crippen LogP contribution >= 0.6 is 11.6 Å². The largest absolute Gasteiger partial charge is 0.461 e. The molecule has 2 aliphatic carbocycles. The minimum Gasteiger partial charge on any atom is -0.461 e. The van der Waals surface area contributed by atoms with Crippen LogP contribution in [-0.4, -0.2) is 55.0 Å². The SMILES string of the molecule is C=CCOC(=O)C1CC[C@@H]2C(CC[C@@H]2NC(=O)c2cc(C(=O)NCc3ccnc(Cl)c3)nc3ncnn23)C1C. The van der Waals surface area contributed by atoms with Crippen molar-refractivity contribution >= 4 is 35.2 Å². The van der Waals surface area contributed by atoms with Crippen LogP contribution < -0.4 is 10.6 Å². The fourth-order valence-electron chi connectivity index (χ4n) is 6.02. The fraction of sp³-hybridized carbons (Fsp3) is 0.444. The van der Waals surface area contributed by atoms with Gasteiger partial charge in [-0.3, -0.25) is 14.4 Å². The maximum absolute atomic E-state index is 13.5. The van der Waals surface area contributed by atoms with Crippen LogP contribution in [0.2, 0.25) is 5.15 Å². The Morgan fingerprint density at radius 3 is 2.77 bits per heavy atom. The van der Waals surface area contributed by atoms with Crippen LogP contribution in [0.1, 0.15) is 59.1 Å². The van der Waals surface area contributed by atoms with E-state index >= 15 is 0 Å². The van der Waals surface area contributed by atoms with E-state index in [0.29, 0.717) is 11.1 Å². The number of hydrogen-bond donors (Lipinski definition) is 2. The predicted molar refractivity (Wildman–Crippen MR) is 142 cm³/mol. The van der Waals surface area contributed by atoms with Crippen LogP contribution in [0.4, 0.5) is 0 Å². The molecule has 3 aromatic rings. The van der Waals surface area contributed by atoms with E-state index in [-0.39, 0.29) is 66.0 Å². The van der Waals surface area contributed by atoms with E-state index in [4.69, 9.17) is 16.3 Å². The molecule has 204 valence electrons. The molecule has 0 bridgehead atoms. The number of carbonyl (C=O) groups is 3. The smallest absolute Gasteiger partial charge is 0.309 e. The van der Waals surface area contributed by atoms with Crippen LogP contribution in [0.15, 0.2) is 43.4 Å². The standard InChI is InChI=1S/C27H30ClN7O4/c1-3-10-39-26(38)18-4-5-19-17(15(18)2)6-7-20(19)33-25(37)22-12-21(34-27-31-14-32-35(22)27)24(36)30-13-16-8-9-29-23(28)11-16/h3,8-9,11-12,14-15,17-20H,1,4-7,10,13H2,2H3,(H,30,36)(H,33,37)/t15?,17?,18?,19-,20+/m1/s1. The van der Waals surface area contributed by atoms with Gasteiger partial charge in [-0.2, -0.15) is 14.6 Å². The van der Waals surface area contributed by atoms with E-state index < -0.39 is 5.91 Å². The minimum atomic E-state index is -0.459. The van der Waals surface area contributed by atoms with Gasteiger partial charge in [-0.15, -0.1) is 0 Å². The summed E-state index contributed by atoms with van der Waals surface area (Å²) in [5.74, 6) is -0.232. The summed E-state index contributed by atoms with van der Waals surface area (Å²) in [5, 5.41) is 10.4. The van der Waals surface area contributed by atoms with Gasteiger partial charge in [0.15, 0.2) is 0 Å². The Bertz CT molecular complexity index is 1410. The van der Waals surface area contributed by atoms with Crippen molar-refractivity contribution in [1.29, 1.82) is 0 Å². The second kappa shape index (κ2) is 11.5. The van der Waals surface area contributed by atoms with Gasteiger partial charge in [0, 0.05) is 24.8 Å². The summed E-state index contributed by atoms with van der Waals surface area (Å²) in [7, 11) is 0. The zero-order valence-corrected chi connectivity index (χ0v) is 22.3. The summed E-state index contributed by atoms with van der Waals surface area (Å²) in [6.07, 6.45) is 7.71. The Kier molecular flexibility index (Phi) is 7.87. The van der Waals surface area contributed by atoms with Crippen molar-refractivity contribution in [2.45, 2.75) is 45.2 Å². The Morgan fingerprint density at radius 1 is 1.15 bits per heavy atom. The van der Waals surface area contributed by atoms with Crippen LogP contribution in [-0.2, 0) is 16.1 Å². The summed E-state index contributed by atoms with van der Waals surface area (Å²) < 4.78 is 6.65. The Morgan fingerprint density at radius 2 is 1.97 bits per heavy atom. The summed E-state index contributed by atoms with van der Waals surface area (Å²) in [6.45, 7) is 6.15. The van der Waals surface area contributed by atoms with E-state index in [2.05, 4.69) is 44.2 Å². The van der Waals surface area contributed by atoms with Gasteiger partial charge in [-0.1, -0.05) is 31.2 Å². The molecule has 0 radical (unpaired) electrons. The first-order chi connectivity index (χ1) is 18.9. The number of pyridine rings is 1. The molecule has 2 fully saturated rings. The maximum atomic E-state index is 13.5. The third kappa shape index (κ3) is 5.63. The average molecular weight is 552 g/mol. The highest BCUT2D eigenvalue weighted by Crippen LogP contribution is 2.48. The first kappa shape index (κ1) is 26.7. The summed E-state index contributed by atoms with van der Waals surface area (Å²) >= 11 is 5.92. The molecular weight excluding hydrogens is 522 g/mol. The number of rotatable bonds is 8. The Labute approximate surface area is 230 Å². The van der Waals surface area contributed by atoms with Crippen LogP contribution in [0.25, 0.3) is 5.78 Å². The van der Waals surface area contributed by atoms with Crippen LogP contribution in [0, 0.1) is 23.7 Å². The van der Waals surface area contributed by atoms with Crippen molar-refractivity contribution in [3.05, 3.63) is 65.5 Å². The van der Waals surface area contributed by atoms with Gasteiger partial charge >= 0.3 is 5.97 Å². The number of nitrogens with zero attached hydrogens (tertiary/aromatic N) is 5. The van der Waals surface area contributed by atoms with Crippen molar-refractivity contribution < 1.29 is 19.1 Å². The van der Waals surface area contributed by atoms with Crippen molar-refractivity contribution in [2.24, 2.45) is 23.7 Å². The quantitative estimate of drug-likeness (QED) is 0.247. The molecule has 0 saturated heterocycles. The Balaban J connectivity index is 1.28. The summed E-state index contributed by atoms with van der Waals surface area (Å²) in [6, 6.07) is 4.78. The second-order valence-corrected chi connectivity index (χ2v) is 10.5. The molecule has 3 aromatic heterocycles. The number of ether oxygens (including phenoxy) is 1. The number of halogens is 1. The molecule has 39 heavy (non-hydrogen) atoms. The molecule has 2 N–H and O–H groups in total. The number of fused-ring (bicyclic) bond motifs is 2. The number of carbonyl (C=O) groups excluding carboxylic acids is 3. The van der Waals surface area contributed by atoms with Crippen molar-refractivity contribution in [3.63, 3.8) is 0 Å². The van der Waals surface area contributed by atoms with Gasteiger partial charge in [0.2, 0.25) is 0 Å². The third-order valence-corrected chi connectivity index (χ3v) is 8.13. The number of amides is 2. The average Bonchev–Trinajstić information content (AvgIpc) is 3.57. The number of nitrogens with one attached hydrogen (secondary N) is 2. The molecule has 5 atom stereocenters. The maximum Gasteiger partial charge on any atom is 0.309 e. The zero-order chi connectivity index (χ0) is 27.5. The Hall–Kier alpha value is -3.86. The predicted octanol–water partition coefficient (Wildman–Crippen LogP) is 3.00. The van der Waals surface area contributed by atoms with E-state index in [1.165, 1.54) is 16.9 Å². The molecule has 0 aliphatic heterocycles. The highest BCUT2D eigenvalue weighted by Gasteiger charge is 2.47. The number of aromatic nitrogens is 5. The van der Waals surface area contributed by atoms with Gasteiger partial charge in [-0.25, -0.2) is 9.97 Å². The van der Waals surface area contributed by atoms with Gasteiger partial charge in [0.25, 0.3) is 17.6 Å². The lowest BCUT2D eigenvalue weighted by atomic mass is 9.68. The van der Waals surface area contributed by atoms with E-state index in [0.717, 1.165) is 31.2 Å². The fourth-order valence-corrected chi connectivity index (χ4v) is 6.21. The molecule has 5 rings (SSSR count). The molecule has 3 unspecified atom stereocenters. The summed E-state index contributed by atoms with van der Waals surface area (Å²) in [4.78, 5) is 51.2. The van der Waals surface area contributed by atoms with Gasteiger partial charge in [0.1, 0.15) is 29.5 Å². The molecule has 2 aliphatic rings. The monoisotopic (exact) mass is 551 g/mol. The normalized spacial score (nSPS) is 24.1. The minimum absolute atomic E-state index is 0.0458. The molecule has 11 nitrogen and oxygen atoms in total. The van der Waals surface area contributed by atoms with Gasteiger partial charge in [0.05, 0.1) is 5.92 Å². The molecule has 12 heteroatoms. The molecule has 0 spiro atoms. The van der Waals surface area contributed by atoms with E-state index in [1.807, 2.05) is 0 Å². The zero-order valence-electron chi connectivity index (χ0n) is 21.5. The lowest BCUT2D eigenvalue weighted by Gasteiger charge is -2.38. The molecule has 2 saturated carbocycles. The van der Waals surface area contributed by atoms with Crippen molar-refractivity contribution in [2.75, 3.05) is 6.61 Å². The van der Waals surface area contributed by atoms with Crippen LogP contribution in [0.3, 0.4) is 0 Å². The highest BCUT2D eigenvalue weighted by atomic mass is 35.5. The van der Waals surface area contributed by atoms with E-state index in [9.17, 15) is 14.4 Å². The highest BCUT2D eigenvalue weighted by molar-refractivity contribution is 6.29. The number of esters is 1. The lowest BCUT2D eigenvalue weighted by Crippen LogP contribution is -2.44. The molecule has 3 heterocycles. The van der Waals surface area contributed by atoms with Crippen LogP contribution in [0.5, 0.6) is 0 Å². The van der Waals surface area contributed by atoms with Gasteiger partial charge in [-0.05, 0) is 61.1 Å². The van der Waals surface area contributed by atoms with E-state index in [1.54, 1.807) is 24.4 Å². The van der Waals surface area contributed by atoms with Crippen molar-refractivity contribution in [1.82, 2.24) is 35.2 Å². The lowest BCUT2D eigenvalue weighted by molar-refractivity contribution is -0.152. The molecule has 2 amide bonds. The second-order valence-electron chi connectivity index (χ2n) is 10.1. The first-order valence-electron chi connectivity index (χ1n) is 13.0. The summed E-state index contributed by atoms with van der Waals surface area (Å²) in [5.41, 5.74) is 1.00. The molecular formula is C27H30ClN7O4. The third-order valence-electron chi connectivity index (χ3n) is 7.92. The topological polar surface area (TPSA) is 140 Å². The first-order valence-corrected chi connectivity index (χ1v) is 13.4. The van der Waals surface area contributed by atoms with Gasteiger partial charge < -0.3 is 15.4 Å². The number of hydrogen-bond acceptors (Lipinski definition) is 8. The molecule has 0 aromatic carbocycles.